The summed E-state index contributed by atoms with van der Waals surface area (Å²) >= 11 is 6.25. The summed E-state index contributed by atoms with van der Waals surface area (Å²) in [6.45, 7) is 14.7. The zero-order chi connectivity index (χ0) is 41.8. The van der Waals surface area contributed by atoms with Crippen molar-refractivity contribution in [2.45, 2.75) is 71.6 Å². The fourth-order valence-electron chi connectivity index (χ4n) is 10.2. The van der Waals surface area contributed by atoms with Crippen molar-refractivity contribution in [1.29, 1.82) is 5.26 Å². The zero-order valence-corrected chi connectivity index (χ0v) is 34.7. The Morgan fingerprint density at radius 1 is 0.864 bits per heavy atom. The van der Waals surface area contributed by atoms with E-state index in [4.69, 9.17) is 16.3 Å². The van der Waals surface area contributed by atoms with E-state index in [1.165, 1.54) is 0 Å². The van der Waals surface area contributed by atoms with Crippen molar-refractivity contribution in [2.24, 2.45) is 16.7 Å². The Hall–Kier alpha value is -5.45. The van der Waals surface area contributed by atoms with Crippen LogP contribution >= 0.6 is 11.6 Å². The maximum absolute atomic E-state index is 13.5. The van der Waals surface area contributed by atoms with E-state index in [0.717, 1.165) is 74.9 Å². The maximum atomic E-state index is 13.5. The van der Waals surface area contributed by atoms with Gasteiger partial charge in [0.1, 0.15) is 24.0 Å². The smallest absolute Gasteiger partial charge is 0.262 e. The number of nitrogens with one attached hydrogen (secondary N) is 2. The molecular formula is C45H50ClN7O6. The molecule has 2 N–H and O–H groups in total. The van der Waals surface area contributed by atoms with Gasteiger partial charge in [-0.05, 0) is 86.3 Å². The summed E-state index contributed by atoms with van der Waals surface area (Å²) in [7, 11) is 0. The van der Waals surface area contributed by atoms with Crippen LogP contribution < -0.4 is 25.2 Å². The van der Waals surface area contributed by atoms with E-state index in [9.17, 15) is 29.2 Å². The molecule has 3 aromatic carbocycles. The highest BCUT2D eigenvalue weighted by molar-refractivity contribution is 6.31. The van der Waals surface area contributed by atoms with Crippen LogP contribution in [-0.4, -0.2) is 103 Å². The number of carbonyl (C=O) groups is 5. The summed E-state index contributed by atoms with van der Waals surface area (Å²) < 4.78 is 6.38. The number of anilines is 2. The summed E-state index contributed by atoms with van der Waals surface area (Å²) in [5.41, 5.74) is 2.91. The van der Waals surface area contributed by atoms with Gasteiger partial charge < -0.3 is 19.9 Å². The highest BCUT2D eigenvalue weighted by Gasteiger charge is 2.64. The summed E-state index contributed by atoms with van der Waals surface area (Å²) in [4.78, 5) is 72.2. The van der Waals surface area contributed by atoms with Crippen LogP contribution in [0, 0.1) is 28.1 Å². The summed E-state index contributed by atoms with van der Waals surface area (Å²) in [5.74, 6) is -0.925. The summed E-state index contributed by atoms with van der Waals surface area (Å²) in [6.07, 6.45) is 2.25. The Kier molecular flexibility index (Phi) is 10.7. The second kappa shape index (κ2) is 15.6. The number of amides is 5. The third kappa shape index (κ3) is 7.53. The molecule has 0 radical (unpaired) electrons. The first-order valence-corrected chi connectivity index (χ1v) is 20.9. The van der Waals surface area contributed by atoms with E-state index in [2.05, 4.69) is 59.1 Å². The van der Waals surface area contributed by atoms with Crippen molar-refractivity contribution in [3.05, 3.63) is 87.9 Å². The first kappa shape index (κ1) is 40.3. The first-order chi connectivity index (χ1) is 28.1. The Labute approximate surface area is 349 Å². The number of piperazine rings is 1. The molecular weight excluding hydrogens is 770 g/mol. The maximum Gasteiger partial charge on any atom is 0.262 e. The third-order valence-electron chi connectivity index (χ3n) is 13.2. The van der Waals surface area contributed by atoms with Gasteiger partial charge in [0, 0.05) is 85.6 Å². The Morgan fingerprint density at radius 3 is 2.24 bits per heavy atom. The quantitative estimate of drug-likeness (QED) is 0.259. The highest BCUT2D eigenvalue weighted by atomic mass is 35.5. The number of ether oxygens (including phenoxy) is 1. The molecule has 4 fully saturated rings. The topological polar surface area (TPSA) is 155 Å². The van der Waals surface area contributed by atoms with Crippen LogP contribution in [0.2, 0.25) is 5.02 Å². The standard InChI is InChI=1S/C45H50ClN7O6/c1-44(2)42(45(3,4)43(44)59-32-11-7-29(25-47)35(46)24-32)49-38(55)28-5-8-30(9-6-28)52-18-16-27(26-52)15-17-50-19-21-51(22-20-50)31-10-12-33-34(23-31)41(58)53(40(33)57)36-13-14-37(54)48-39(36)56/h5-12,23-24,27,36,42-43H,13-22,26H2,1-4H3,(H,49,55)(H,48,54,56)/t27?,36?,42-,43-. The van der Waals surface area contributed by atoms with Crippen LogP contribution in [0.1, 0.15) is 90.0 Å². The molecule has 0 spiro atoms. The van der Waals surface area contributed by atoms with Crippen molar-refractivity contribution in [2.75, 3.05) is 55.6 Å². The minimum atomic E-state index is -0.975. The average molecular weight is 820 g/mol. The van der Waals surface area contributed by atoms with Gasteiger partial charge in [0.2, 0.25) is 11.8 Å². The number of benzene rings is 3. The number of imide groups is 2. The van der Waals surface area contributed by atoms with Crippen LogP contribution in [0.15, 0.2) is 60.7 Å². The van der Waals surface area contributed by atoms with E-state index in [-0.39, 0.29) is 41.7 Å². The number of hydrogen-bond acceptors (Lipinski definition) is 10. The first-order valence-electron chi connectivity index (χ1n) is 20.5. The largest absolute Gasteiger partial charge is 0.489 e. The molecule has 3 saturated heterocycles. The second-order valence-corrected chi connectivity index (χ2v) is 18.1. The molecule has 13 nitrogen and oxygen atoms in total. The molecule has 1 aliphatic carbocycles. The van der Waals surface area contributed by atoms with Crippen LogP contribution in [0.4, 0.5) is 11.4 Å². The Balaban J connectivity index is 0.787. The van der Waals surface area contributed by atoms with Gasteiger partial charge in [-0.15, -0.1) is 0 Å². The SMILES string of the molecule is CC1(C)[C@H](NC(=O)c2ccc(N3CCC(CCN4CCN(c5ccc6c(c5)C(=O)N(C5CCC(=O)NC5=O)C6=O)CC4)C3)cc2)C(C)(C)[C@H]1Oc1ccc(C#N)c(Cl)c1. The molecule has 2 unspecified atom stereocenters. The van der Waals surface area contributed by atoms with E-state index < -0.39 is 29.7 Å². The van der Waals surface area contributed by atoms with Crippen molar-refractivity contribution < 1.29 is 28.7 Å². The predicted octanol–water partition coefficient (Wildman–Crippen LogP) is 5.26. The zero-order valence-electron chi connectivity index (χ0n) is 33.9. The third-order valence-corrected chi connectivity index (χ3v) is 13.5. The van der Waals surface area contributed by atoms with Gasteiger partial charge in [-0.3, -0.25) is 39.1 Å². The molecule has 5 amide bonds. The van der Waals surface area contributed by atoms with Gasteiger partial charge in [-0.25, -0.2) is 0 Å². The molecule has 3 aromatic rings. The lowest BCUT2D eigenvalue weighted by atomic mass is 9.49. The molecule has 5 aliphatic rings. The second-order valence-electron chi connectivity index (χ2n) is 17.7. The van der Waals surface area contributed by atoms with Crippen LogP contribution in [-0.2, 0) is 9.59 Å². The van der Waals surface area contributed by atoms with Crippen LogP contribution in [0.3, 0.4) is 0 Å². The minimum Gasteiger partial charge on any atom is -0.489 e. The van der Waals surface area contributed by atoms with Crippen molar-refractivity contribution >= 4 is 52.5 Å². The van der Waals surface area contributed by atoms with Crippen LogP contribution in [0.5, 0.6) is 5.75 Å². The van der Waals surface area contributed by atoms with Gasteiger partial charge in [-0.1, -0.05) is 39.3 Å². The summed E-state index contributed by atoms with van der Waals surface area (Å²) in [5, 5.41) is 15.1. The average Bonchev–Trinajstić information content (AvgIpc) is 3.80. The van der Waals surface area contributed by atoms with Crippen molar-refractivity contribution in [1.82, 2.24) is 20.4 Å². The molecule has 308 valence electrons. The van der Waals surface area contributed by atoms with E-state index in [1.54, 1.807) is 30.3 Å². The van der Waals surface area contributed by atoms with E-state index >= 15 is 0 Å². The van der Waals surface area contributed by atoms with Gasteiger partial charge >= 0.3 is 0 Å². The molecule has 14 heteroatoms. The van der Waals surface area contributed by atoms with Gasteiger partial charge in [0.05, 0.1) is 21.7 Å². The molecule has 8 rings (SSSR count). The van der Waals surface area contributed by atoms with Gasteiger partial charge in [-0.2, -0.15) is 5.26 Å². The number of nitriles is 1. The Morgan fingerprint density at radius 2 is 1.56 bits per heavy atom. The van der Waals surface area contributed by atoms with Gasteiger partial charge in [0.25, 0.3) is 17.7 Å². The summed E-state index contributed by atoms with van der Waals surface area (Å²) in [6, 6.07) is 19.3. The molecule has 2 atom stereocenters. The number of fused-ring (bicyclic) bond motifs is 1. The lowest BCUT2D eigenvalue weighted by Gasteiger charge is -2.63. The number of rotatable bonds is 10. The normalized spacial score (nSPS) is 25.0. The predicted molar refractivity (Wildman–Crippen MR) is 223 cm³/mol. The molecule has 59 heavy (non-hydrogen) atoms. The number of hydrogen-bond donors (Lipinski definition) is 2. The number of nitrogens with zero attached hydrogens (tertiary/aromatic N) is 5. The van der Waals surface area contributed by atoms with Crippen LogP contribution in [0.25, 0.3) is 0 Å². The molecule has 0 bridgehead atoms. The van der Waals surface area contributed by atoms with Crippen molar-refractivity contribution in [3.8, 4) is 11.8 Å². The van der Waals surface area contributed by atoms with Crippen molar-refractivity contribution in [3.63, 3.8) is 0 Å². The number of halogens is 1. The molecule has 4 aliphatic heterocycles. The number of piperidine rings is 1. The fourth-order valence-corrected chi connectivity index (χ4v) is 10.4. The molecule has 4 heterocycles. The van der Waals surface area contributed by atoms with E-state index in [0.29, 0.717) is 38.9 Å². The number of carbonyl (C=O) groups excluding carboxylic acids is 5. The molecule has 1 saturated carbocycles. The lowest BCUT2D eigenvalue weighted by Crippen LogP contribution is -2.74. The minimum absolute atomic E-state index is 0.0901. The highest BCUT2D eigenvalue weighted by Crippen LogP contribution is 2.55. The van der Waals surface area contributed by atoms with Gasteiger partial charge in [0.15, 0.2) is 0 Å². The monoisotopic (exact) mass is 819 g/mol. The fraction of sp³-hybridized carbons (Fsp3) is 0.467. The Bertz CT molecular complexity index is 2230. The molecule has 0 aromatic heterocycles. The lowest BCUT2D eigenvalue weighted by molar-refractivity contribution is -0.164. The van der Waals surface area contributed by atoms with E-state index in [1.807, 2.05) is 30.3 Å².